The molecule has 1 aromatic carbocycles. The average Bonchev–Trinajstić information content (AvgIpc) is 2.78. The van der Waals surface area contributed by atoms with Crippen LogP contribution in [0.2, 0.25) is 0 Å². The third kappa shape index (κ3) is 2.73. The van der Waals surface area contributed by atoms with Crippen LogP contribution in [0.25, 0.3) is 11.0 Å². The lowest BCUT2D eigenvalue weighted by atomic mass is 10.0. The van der Waals surface area contributed by atoms with Crippen LogP contribution >= 0.6 is 0 Å². The summed E-state index contributed by atoms with van der Waals surface area (Å²) in [6, 6.07) is 6.84. The van der Waals surface area contributed by atoms with E-state index >= 15 is 0 Å². The number of ether oxygens (including phenoxy) is 1. The summed E-state index contributed by atoms with van der Waals surface area (Å²) < 4.78 is 5.71. The molecule has 0 amide bonds. The zero-order chi connectivity index (χ0) is 13.2. The predicted octanol–water partition coefficient (Wildman–Crippen LogP) is 3.24. The molecule has 1 aliphatic heterocycles. The smallest absolute Gasteiger partial charge is 0.104 e. The minimum absolute atomic E-state index is 0.407. The highest BCUT2D eigenvalue weighted by atomic mass is 16.5. The van der Waals surface area contributed by atoms with E-state index in [0.717, 1.165) is 48.4 Å². The summed E-state index contributed by atoms with van der Waals surface area (Å²) in [5.74, 6) is 0.962. The van der Waals surface area contributed by atoms with Crippen molar-refractivity contribution in [1.29, 1.82) is 0 Å². The second-order valence-corrected chi connectivity index (χ2v) is 5.32. The van der Waals surface area contributed by atoms with Gasteiger partial charge in [-0.15, -0.1) is 0 Å². The molecule has 3 rings (SSSR count). The van der Waals surface area contributed by atoms with Gasteiger partial charge in [-0.3, -0.25) is 0 Å². The topological polar surface area (TPSA) is 49.9 Å². The molecule has 102 valence electrons. The standard InChI is InChI=1S/C15H21N3O/c1-3-13-8-12(6-7-19-13)18-11-4-5-14-15(9-11)17-10(2)16-14/h4-5,9,12-13,18H,3,6-8H2,1-2H3,(H,16,17). The number of benzene rings is 1. The Labute approximate surface area is 113 Å². The molecule has 0 saturated carbocycles. The summed E-state index contributed by atoms with van der Waals surface area (Å²) in [6.07, 6.45) is 3.67. The number of fused-ring (bicyclic) bond motifs is 1. The highest BCUT2D eigenvalue weighted by Gasteiger charge is 2.21. The second kappa shape index (κ2) is 5.21. The summed E-state index contributed by atoms with van der Waals surface area (Å²) in [5, 5.41) is 3.62. The number of hydrogen-bond donors (Lipinski definition) is 2. The molecule has 1 fully saturated rings. The molecule has 19 heavy (non-hydrogen) atoms. The number of nitrogens with one attached hydrogen (secondary N) is 2. The highest BCUT2D eigenvalue weighted by molar-refractivity contribution is 5.79. The first kappa shape index (κ1) is 12.5. The first-order chi connectivity index (χ1) is 9.24. The van der Waals surface area contributed by atoms with Crippen LogP contribution in [-0.2, 0) is 4.74 Å². The Morgan fingerprint density at radius 3 is 3.21 bits per heavy atom. The van der Waals surface area contributed by atoms with Crippen LogP contribution in [0.5, 0.6) is 0 Å². The Kier molecular flexibility index (Phi) is 3.42. The number of hydrogen-bond acceptors (Lipinski definition) is 3. The number of aromatic amines is 1. The van der Waals surface area contributed by atoms with Crippen LogP contribution in [0.3, 0.4) is 0 Å². The van der Waals surface area contributed by atoms with Crippen molar-refractivity contribution in [3.8, 4) is 0 Å². The van der Waals surface area contributed by atoms with Crippen molar-refractivity contribution in [2.24, 2.45) is 0 Å². The number of aromatic nitrogens is 2. The number of rotatable bonds is 3. The Morgan fingerprint density at radius 1 is 1.47 bits per heavy atom. The van der Waals surface area contributed by atoms with Crippen molar-refractivity contribution in [3.63, 3.8) is 0 Å². The molecule has 2 atom stereocenters. The summed E-state index contributed by atoms with van der Waals surface area (Å²) in [5.41, 5.74) is 3.29. The van der Waals surface area contributed by atoms with Crippen LogP contribution in [0.15, 0.2) is 18.2 Å². The van der Waals surface area contributed by atoms with E-state index in [1.165, 1.54) is 0 Å². The van der Waals surface area contributed by atoms with E-state index in [4.69, 9.17) is 4.74 Å². The van der Waals surface area contributed by atoms with Crippen LogP contribution in [-0.4, -0.2) is 28.7 Å². The van der Waals surface area contributed by atoms with E-state index < -0.39 is 0 Å². The van der Waals surface area contributed by atoms with Gasteiger partial charge in [0.05, 0.1) is 17.1 Å². The van der Waals surface area contributed by atoms with Gasteiger partial charge in [0.2, 0.25) is 0 Å². The monoisotopic (exact) mass is 259 g/mol. The maximum absolute atomic E-state index is 5.71. The number of anilines is 1. The molecule has 0 bridgehead atoms. The molecule has 1 aromatic heterocycles. The molecule has 1 aliphatic rings. The quantitative estimate of drug-likeness (QED) is 0.889. The molecule has 4 heteroatoms. The van der Waals surface area contributed by atoms with E-state index in [-0.39, 0.29) is 0 Å². The van der Waals surface area contributed by atoms with Gasteiger partial charge in [-0.25, -0.2) is 4.98 Å². The highest BCUT2D eigenvalue weighted by Crippen LogP contribution is 2.22. The molecule has 0 aliphatic carbocycles. The number of aryl methyl sites for hydroxylation is 1. The molecule has 1 saturated heterocycles. The Balaban J connectivity index is 1.73. The van der Waals surface area contributed by atoms with Gasteiger partial charge in [-0.1, -0.05) is 6.92 Å². The van der Waals surface area contributed by atoms with E-state index in [1.54, 1.807) is 0 Å². The SMILES string of the molecule is CCC1CC(Nc2ccc3nc(C)[nH]c3c2)CCO1. The summed E-state index contributed by atoms with van der Waals surface area (Å²) in [7, 11) is 0. The normalized spacial score (nSPS) is 23.7. The molecule has 0 radical (unpaired) electrons. The lowest BCUT2D eigenvalue weighted by Gasteiger charge is -2.30. The molecular formula is C15H21N3O. The Morgan fingerprint density at radius 2 is 2.37 bits per heavy atom. The lowest BCUT2D eigenvalue weighted by molar-refractivity contribution is 0.00926. The fourth-order valence-electron chi connectivity index (χ4n) is 2.76. The average molecular weight is 259 g/mol. The molecular weight excluding hydrogens is 238 g/mol. The van der Waals surface area contributed by atoms with Crippen LogP contribution in [0.4, 0.5) is 5.69 Å². The van der Waals surface area contributed by atoms with Crippen molar-refractivity contribution in [2.75, 3.05) is 11.9 Å². The van der Waals surface area contributed by atoms with Gasteiger partial charge < -0.3 is 15.0 Å². The molecule has 2 heterocycles. The van der Waals surface area contributed by atoms with E-state index in [2.05, 4.69) is 40.4 Å². The van der Waals surface area contributed by atoms with Crippen molar-refractivity contribution in [2.45, 2.75) is 45.3 Å². The first-order valence-corrected chi connectivity index (χ1v) is 7.09. The molecule has 2 aromatic rings. The molecule has 4 nitrogen and oxygen atoms in total. The van der Waals surface area contributed by atoms with Gasteiger partial charge in [-0.2, -0.15) is 0 Å². The third-order valence-electron chi connectivity index (χ3n) is 3.79. The summed E-state index contributed by atoms with van der Waals surface area (Å²) in [4.78, 5) is 7.70. The van der Waals surface area contributed by atoms with Gasteiger partial charge >= 0.3 is 0 Å². The van der Waals surface area contributed by atoms with Crippen molar-refractivity contribution in [1.82, 2.24) is 9.97 Å². The largest absolute Gasteiger partial charge is 0.382 e. The molecule has 0 spiro atoms. The fraction of sp³-hybridized carbons (Fsp3) is 0.533. The molecule has 2 unspecified atom stereocenters. The summed E-state index contributed by atoms with van der Waals surface area (Å²) in [6.45, 7) is 5.03. The van der Waals surface area contributed by atoms with Crippen LogP contribution < -0.4 is 5.32 Å². The van der Waals surface area contributed by atoms with Crippen LogP contribution in [0, 0.1) is 6.92 Å². The van der Waals surface area contributed by atoms with Gasteiger partial charge in [0.25, 0.3) is 0 Å². The van der Waals surface area contributed by atoms with Gasteiger partial charge in [0.1, 0.15) is 5.82 Å². The van der Waals surface area contributed by atoms with Gasteiger partial charge in [-0.05, 0) is 44.4 Å². The fourth-order valence-corrected chi connectivity index (χ4v) is 2.76. The van der Waals surface area contributed by atoms with Crippen molar-refractivity contribution >= 4 is 16.7 Å². The zero-order valence-corrected chi connectivity index (χ0v) is 11.6. The second-order valence-electron chi connectivity index (χ2n) is 5.32. The summed E-state index contributed by atoms with van der Waals surface area (Å²) >= 11 is 0. The number of nitrogens with zero attached hydrogens (tertiary/aromatic N) is 1. The zero-order valence-electron chi connectivity index (χ0n) is 11.6. The van der Waals surface area contributed by atoms with E-state index in [0.29, 0.717) is 12.1 Å². The van der Waals surface area contributed by atoms with Crippen molar-refractivity contribution < 1.29 is 4.74 Å². The van der Waals surface area contributed by atoms with Gasteiger partial charge in [0.15, 0.2) is 0 Å². The lowest BCUT2D eigenvalue weighted by Crippen LogP contribution is -2.33. The first-order valence-electron chi connectivity index (χ1n) is 7.09. The minimum Gasteiger partial charge on any atom is -0.382 e. The van der Waals surface area contributed by atoms with E-state index in [9.17, 15) is 0 Å². The Hall–Kier alpha value is -1.55. The minimum atomic E-state index is 0.407. The third-order valence-corrected chi connectivity index (χ3v) is 3.79. The number of imidazole rings is 1. The maximum Gasteiger partial charge on any atom is 0.104 e. The van der Waals surface area contributed by atoms with Crippen molar-refractivity contribution in [3.05, 3.63) is 24.0 Å². The Bertz CT molecular complexity index is 564. The molecule has 2 N–H and O–H groups in total. The predicted molar refractivity (Wildman–Crippen MR) is 77.5 cm³/mol. The van der Waals surface area contributed by atoms with E-state index in [1.807, 2.05) is 6.92 Å². The van der Waals surface area contributed by atoms with Gasteiger partial charge in [0, 0.05) is 18.3 Å². The van der Waals surface area contributed by atoms with Crippen LogP contribution in [0.1, 0.15) is 32.0 Å². The number of H-pyrrole nitrogens is 1. The maximum atomic E-state index is 5.71.